The van der Waals surface area contributed by atoms with E-state index in [0.29, 0.717) is 12.4 Å². The van der Waals surface area contributed by atoms with Crippen molar-refractivity contribution in [1.29, 1.82) is 0 Å². The van der Waals surface area contributed by atoms with Crippen LogP contribution in [0.5, 0.6) is 0 Å². The number of halogens is 1. The second-order valence-corrected chi connectivity index (χ2v) is 5.59. The number of rotatable bonds is 2. The first-order valence-electron chi connectivity index (χ1n) is 7.54. The third-order valence-electron chi connectivity index (χ3n) is 4.13. The van der Waals surface area contributed by atoms with Gasteiger partial charge in [0.05, 0.1) is 16.7 Å². The van der Waals surface area contributed by atoms with Crippen LogP contribution in [0, 0.1) is 5.95 Å². The molecule has 0 bridgehead atoms. The zero-order valence-corrected chi connectivity index (χ0v) is 12.6. The van der Waals surface area contributed by atoms with Crippen LogP contribution in [0.4, 0.5) is 10.1 Å². The predicted molar refractivity (Wildman–Crippen MR) is 84.9 cm³/mol. The SMILES string of the molecule is O=C1CCn2c(nc3ccccc32)C1C(=O)Nc1cccnc1F. The van der Waals surface area contributed by atoms with Gasteiger partial charge in [0, 0.05) is 19.2 Å². The Morgan fingerprint density at radius 1 is 1.25 bits per heavy atom. The van der Waals surface area contributed by atoms with Crippen LogP contribution in [0.1, 0.15) is 18.2 Å². The monoisotopic (exact) mass is 324 g/mol. The number of fused-ring (bicyclic) bond motifs is 3. The first kappa shape index (κ1) is 14.5. The standard InChI is InChI=1S/C17H13FN4O2/c18-15-11(5-3-8-19-15)21-17(24)14-13(23)7-9-22-12-6-2-1-4-10(12)20-16(14)22/h1-6,8,14H,7,9H2,(H,21,24). The van der Waals surface area contributed by atoms with E-state index in [0.717, 1.165) is 11.0 Å². The van der Waals surface area contributed by atoms with Gasteiger partial charge in [0.25, 0.3) is 0 Å². The number of carbonyl (C=O) groups is 2. The molecule has 2 aromatic heterocycles. The summed E-state index contributed by atoms with van der Waals surface area (Å²) in [7, 11) is 0. The lowest BCUT2D eigenvalue weighted by Gasteiger charge is -2.22. The van der Waals surface area contributed by atoms with Crippen molar-refractivity contribution in [2.45, 2.75) is 18.9 Å². The first-order chi connectivity index (χ1) is 11.6. The average Bonchev–Trinajstić information content (AvgIpc) is 2.95. The molecule has 3 aromatic rings. The molecule has 0 radical (unpaired) electrons. The number of ketones is 1. The summed E-state index contributed by atoms with van der Waals surface area (Å²) in [5.41, 5.74) is 1.56. The van der Waals surface area contributed by atoms with Gasteiger partial charge in [0.1, 0.15) is 5.82 Å². The fourth-order valence-electron chi connectivity index (χ4n) is 3.01. The highest BCUT2D eigenvalue weighted by Gasteiger charge is 2.36. The molecule has 1 aromatic carbocycles. The van der Waals surface area contributed by atoms with Gasteiger partial charge >= 0.3 is 0 Å². The number of hydrogen-bond acceptors (Lipinski definition) is 4. The van der Waals surface area contributed by atoms with Crippen molar-refractivity contribution in [1.82, 2.24) is 14.5 Å². The maximum atomic E-state index is 13.6. The molecule has 6 nitrogen and oxygen atoms in total. The Labute approximate surface area is 136 Å². The normalized spacial score (nSPS) is 16.9. The number of para-hydroxylation sites is 2. The summed E-state index contributed by atoms with van der Waals surface area (Å²) in [6, 6.07) is 10.4. The van der Waals surface area contributed by atoms with Gasteiger partial charge in [0.2, 0.25) is 11.9 Å². The van der Waals surface area contributed by atoms with Crippen molar-refractivity contribution in [3.05, 3.63) is 54.4 Å². The number of hydrogen-bond donors (Lipinski definition) is 1. The summed E-state index contributed by atoms with van der Waals surface area (Å²) in [4.78, 5) is 32.8. The molecule has 4 rings (SSSR count). The molecule has 24 heavy (non-hydrogen) atoms. The molecule has 0 aliphatic carbocycles. The summed E-state index contributed by atoms with van der Waals surface area (Å²) in [6.45, 7) is 0.486. The number of nitrogens with one attached hydrogen (secondary N) is 1. The van der Waals surface area contributed by atoms with E-state index in [2.05, 4.69) is 15.3 Å². The van der Waals surface area contributed by atoms with Crippen LogP contribution in [0.25, 0.3) is 11.0 Å². The number of carbonyl (C=O) groups excluding carboxylic acids is 2. The Bertz CT molecular complexity index is 966. The van der Waals surface area contributed by atoms with E-state index in [1.54, 1.807) is 0 Å². The topological polar surface area (TPSA) is 76.9 Å². The second-order valence-electron chi connectivity index (χ2n) is 5.59. The Morgan fingerprint density at radius 2 is 2.08 bits per heavy atom. The van der Waals surface area contributed by atoms with Gasteiger partial charge in [-0.15, -0.1) is 0 Å². The molecule has 0 spiro atoms. The fourth-order valence-corrected chi connectivity index (χ4v) is 3.01. The number of imidazole rings is 1. The smallest absolute Gasteiger partial charge is 0.242 e. The van der Waals surface area contributed by atoms with Crippen molar-refractivity contribution >= 4 is 28.4 Å². The molecule has 1 N–H and O–H groups in total. The fraction of sp³-hybridized carbons (Fsp3) is 0.176. The van der Waals surface area contributed by atoms with Crippen molar-refractivity contribution < 1.29 is 14.0 Å². The number of benzene rings is 1. The maximum absolute atomic E-state index is 13.6. The lowest BCUT2D eigenvalue weighted by atomic mass is 9.96. The highest BCUT2D eigenvalue weighted by molar-refractivity contribution is 6.12. The summed E-state index contributed by atoms with van der Waals surface area (Å²) < 4.78 is 15.5. The van der Waals surface area contributed by atoms with Crippen LogP contribution in [0.2, 0.25) is 0 Å². The van der Waals surface area contributed by atoms with Gasteiger partial charge in [-0.2, -0.15) is 4.39 Å². The Morgan fingerprint density at radius 3 is 2.92 bits per heavy atom. The van der Waals surface area contributed by atoms with Crippen LogP contribution in [0.3, 0.4) is 0 Å². The minimum atomic E-state index is -1.05. The van der Waals surface area contributed by atoms with Gasteiger partial charge < -0.3 is 9.88 Å². The lowest BCUT2D eigenvalue weighted by molar-refractivity contribution is -0.128. The van der Waals surface area contributed by atoms with Crippen molar-refractivity contribution in [2.75, 3.05) is 5.32 Å². The molecule has 1 aliphatic rings. The van der Waals surface area contributed by atoms with E-state index < -0.39 is 17.8 Å². The molecular weight excluding hydrogens is 311 g/mol. The van der Waals surface area contributed by atoms with Crippen LogP contribution in [-0.4, -0.2) is 26.2 Å². The summed E-state index contributed by atoms with van der Waals surface area (Å²) in [6.07, 6.45) is 1.52. The van der Waals surface area contributed by atoms with Crippen molar-refractivity contribution in [2.24, 2.45) is 0 Å². The van der Waals surface area contributed by atoms with E-state index in [-0.39, 0.29) is 17.9 Å². The third-order valence-corrected chi connectivity index (χ3v) is 4.13. The Kier molecular flexibility index (Phi) is 3.34. The molecule has 3 heterocycles. The number of nitrogens with zero attached hydrogens (tertiary/aromatic N) is 3. The predicted octanol–water partition coefficient (Wildman–Crippen LogP) is 2.27. The third kappa shape index (κ3) is 2.25. The summed E-state index contributed by atoms with van der Waals surface area (Å²) in [5, 5.41) is 2.44. The number of anilines is 1. The van der Waals surface area contributed by atoms with Crippen LogP contribution >= 0.6 is 0 Å². The van der Waals surface area contributed by atoms with Crippen molar-refractivity contribution in [3.63, 3.8) is 0 Å². The van der Waals surface area contributed by atoms with E-state index in [9.17, 15) is 14.0 Å². The minimum Gasteiger partial charge on any atom is -0.326 e. The summed E-state index contributed by atoms with van der Waals surface area (Å²) >= 11 is 0. The van der Waals surface area contributed by atoms with Gasteiger partial charge in [-0.3, -0.25) is 9.59 Å². The molecule has 7 heteroatoms. The number of aromatic nitrogens is 3. The zero-order chi connectivity index (χ0) is 16.7. The van der Waals surface area contributed by atoms with Gasteiger partial charge in [-0.25, -0.2) is 9.97 Å². The number of amides is 1. The number of Topliss-reactive ketones (excluding diaryl/α,β-unsaturated/α-hetero) is 1. The molecule has 1 aliphatic heterocycles. The van der Waals surface area contributed by atoms with Crippen LogP contribution < -0.4 is 5.32 Å². The molecule has 1 amide bonds. The lowest BCUT2D eigenvalue weighted by Crippen LogP contribution is -2.34. The maximum Gasteiger partial charge on any atom is 0.242 e. The average molecular weight is 324 g/mol. The molecule has 1 unspecified atom stereocenters. The first-order valence-corrected chi connectivity index (χ1v) is 7.54. The van der Waals surface area contributed by atoms with E-state index >= 15 is 0 Å². The number of pyridine rings is 1. The van der Waals surface area contributed by atoms with Gasteiger partial charge in [-0.1, -0.05) is 12.1 Å². The van der Waals surface area contributed by atoms with Crippen LogP contribution in [0.15, 0.2) is 42.6 Å². The molecule has 120 valence electrons. The molecular formula is C17H13FN4O2. The molecule has 0 fully saturated rings. The Hall–Kier alpha value is -3.09. The van der Waals surface area contributed by atoms with E-state index in [1.807, 2.05) is 28.8 Å². The van der Waals surface area contributed by atoms with Gasteiger partial charge in [-0.05, 0) is 24.3 Å². The highest BCUT2D eigenvalue weighted by Crippen LogP contribution is 2.29. The minimum absolute atomic E-state index is 0.0523. The Balaban J connectivity index is 1.74. The van der Waals surface area contributed by atoms with Crippen molar-refractivity contribution in [3.8, 4) is 0 Å². The van der Waals surface area contributed by atoms with Gasteiger partial charge in [0.15, 0.2) is 11.7 Å². The van der Waals surface area contributed by atoms with E-state index in [1.165, 1.54) is 18.3 Å². The second kappa shape index (κ2) is 5.52. The highest BCUT2D eigenvalue weighted by atomic mass is 19.1. The molecule has 0 saturated heterocycles. The van der Waals surface area contributed by atoms with Crippen LogP contribution in [-0.2, 0) is 16.1 Å². The molecule has 1 atom stereocenters. The number of aryl methyl sites for hydroxylation is 1. The largest absolute Gasteiger partial charge is 0.326 e. The quantitative estimate of drug-likeness (QED) is 0.579. The van der Waals surface area contributed by atoms with E-state index in [4.69, 9.17) is 0 Å². The summed E-state index contributed by atoms with van der Waals surface area (Å²) in [5.74, 6) is -2.26. The zero-order valence-electron chi connectivity index (χ0n) is 12.6. The molecule has 0 saturated carbocycles.